The smallest absolute Gasteiger partial charge is 0.333 e. The predicted octanol–water partition coefficient (Wildman–Crippen LogP) is 18.3. The molecule has 0 bridgehead atoms. The molecule has 0 aliphatic rings. The number of carbonyl (C=O) groups excluding carboxylic acids is 12. The summed E-state index contributed by atoms with van der Waals surface area (Å²) in [4.78, 5) is 155. The van der Waals surface area contributed by atoms with Crippen LogP contribution in [0.15, 0.2) is 283 Å². The Morgan fingerprint density at radius 3 is 0.735 bits per heavy atom. The average Bonchev–Trinajstić information content (AvgIpc) is 0.801. The van der Waals surface area contributed by atoms with Gasteiger partial charge in [0.05, 0.1) is 39.3 Å². The van der Waals surface area contributed by atoms with Gasteiger partial charge < -0.3 is 58.3 Å². The maximum absolute atomic E-state index is 13.4. The Hall–Kier alpha value is -10.2. The van der Waals surface area contributed by atoms with Crippen molar-refractivity contribution in [1.29, 1.82) is 0 Å². The number of ether oxygens (including phenoxy) is 8. The molecule has 0 saturated carbocycles. The molecule has 0 radical (unpaired) electrons. The van der Waals surface area contributed by atoms with Crippen LogP contribution in [-0.4, -0.2) is 194 Å². The molecule has 0 aliphatic carbocycles. The molecule has 8 aromatic carbocycles. The quantitative estimate of drug-likeness (QED) is 0.00687. The van der Waals surface area contributed by atoms with Gasteiger partial charge in [-0.05, 0) is 196 Å². The van der Waals surface area contributed by atoms with E-state index in [0.717, 1.165) is 51.3 Å². The van der Waals surface area contributed by atoms with Gasteiger partial charge in [0.2, 0.25) is 23.1 Å². The highest BCUT2D eigenvalue weighted by Crippen LogP contribution is 2.36. The van der Waals surface area contributed by atoms with E-state index in [4.69, 9.17) is 37.9 Å². The summed E-state index contributed by atoms with van der Waals surface area (Å²) in [5, 5.41) is 45.8. The van der Waals surface area contributed by atoms with Crippen molar-refractivity contribution >= 4 is 165 Å². The molecule has 0 spiro atoms. The van der Waals surface area contributed by atoms with Crippen molar-refractivity contribution in [3.63, 3.8) is 0 Å². The third-order valence-electron chi connectivity index (χ3n) is 19.5. The number of rotatable bonds is 48. The van der Waals surface area contributed by atoms with Gasteiger partial charge in [0.1, 0.15) is 26.4 Å². The van der Waals surface area contributed by atoms with Gasteiger partial charge in [-0.3, -0.25) is 38.4 Å². The zero-order valence-corrected chi connectivity index (χ0v) is 82.3. The van der Waals surface area contributed by atoms with E-state index in [-0.39, 0.29) is 87.9 Å². The number of thioether (sulfide) groups is 8. The first-order valence-electron chi connectivity index (χ1n) is 41.0. The predicted molar refractivity (Wildman–Crippen MR) is 522 cm³/mol. The van der Waals surface area contributed by atoms with Gasteiger partial charge in [0, 0.05) is 109 Å². The van der Waals surface area contributed by atoms with Gasteiger partial charge in [-0.2, -0.15) is 0 Å². The van der Waals surface area contributed by atoms with E-state index in [1.807, 2.05) is 50.0 Å². The van der Waals surface area contributed by atoms with Crippen LogP contribution in [0.1, 0.15) is 130 Å². The van der Waals surface area contributed by atoms with Gasteiger partial charge in [0.15, 0.2) is 22.4 Å². The molecular weight excluding hydrogens is 1840 g/mol. The van der Waals surface area contributed by atoms with Crippen LogP contribution < -0.4 is 0 Å². The highest BCUT2D eigenvalue weighted by Gasteiger charge is 2.44. The monoisotopic (exact) mass is 1950 g/mol. The second-order valence-corrected chi connectivity index (χ2v) is 36.6. The van der Waals surface area contributed by atoms with E-state index in [0.29, 0.717) is 44.5 Å². The van der Waals surface area contributed by atoms with Crippen LogP contribution >= 0.6 is 94.1 Å². The van der Waals surface area contributed by atoms with E-state index in [2.05, 4.69) is 26.3 Å². The van der Waals surface area contributed by atoms with Crippen molar-refractivity contribution in [2.75, 3.05) is 103 Å². The molecule has 6 unspecified atom stereocenters. The van der Waals surface area contributed by atoms with Crippen molar-refractivity contribution in [2.45, 2.75) is 128 Å². The molecule has 6 atom stereocenters. The van der Waals surface area contributed by atoms with Crippen LogP contribution in [0.3, 0.4) is 0 Å². The van der Waals surface area contributed by atoms with E-state index < -0.39 is 120 Å². The molecule has 0 aromatic heterocycles. The summed E-state index contributed by atoms with van der Waals surface area (Å²) in [6.45, 7) is 18.2. The van der Waals surface area contributed by atoms with E-state index in [9.17, 15) is 78.0 Å². The lowest BCUT2D eigenvalue weighted by molar-refractivity contribution is -0.152. The zero-order valence-electron chi connectivity index (χ0n) is 75.7. The van der Waals surface area contributed by atoms with Crippen molar-refractivity contribution in [3.8, 4) is 0 Å². The Morgan fingerprint density at radius 1 is 0.303 bits per heavy atom. The average molecular weight is 1950 g/mol. The Balaban J connectivity index is 0.000000311. The van der Waals surface area contributed by atoms with E-state index in [1.165, 1.54) is 54.0 Å². The molecule has 24 nitrogen and oxygen atoms in total. The Morgan fingerprint density at radius 2 is 0.508 bits per heavy atom. The minimum absolute atomic E-state index is 0.0253. The number of carbonyl (C=O) groups is 12. The van der Waals surface area contributed by atoms with E-state index >= 15 is 0 Å². The van der Waals surface area contributed by atoms with Gasteiger partial charge >= 0.3 is 47.8 Å². The molecule has 0 saturated heterocycles. The number of ketones is 4. The molecule has 704 valence electrons. The number of hydrogen-bond donors (Lipinski definition) is 4. The summed E-state index contributed by atoms with van der Waals surface area (Å²) in [6.07, 6.45) is 17.9. The van der Waals surface area contributed by atoms with Gasteiger partial charge in [-0.25, -0.2) is 19.2 Å². The molecule has 8 aromatic rings. The molecule has 0 amide bonds. The maximum Gasteiger partial charge on any atom is 0.333 e. The fourth-order valence-corrected chi connectivity index (χ4v) is 15.0. The van der Waals surface area contributed by atoms with Crippen molar-refractivity contribution in [3.05, 3.63) is 288 Å². The summed E-state index contributed by atoms with van der Waals surface area (Å²) in [7, 11) is 0. The summed E-state index contributed by atoms with van der Waals surface area (Å²) in [6, 6.07) is 55.2. The summed E-state index contributed by atoms with van der Waals surface area (Å²) >= 11 is 12.3. The highest BCUT2D eigenvalue weighted by molar-refractivity contribution is 8.00. The minimum atomic E-state index is -2.05. The molecule has 0 heterocycles. The zero-order chi connectivity index (χ0) is 97.7. The third-order valence-corrected chi connectivity index (χ3v) is 25.5. The largest absolute Gasteiger partial charge is 0.463 e. The SMILES string of the molecule is C=C(C)C(=O)OCC(C)CC(=O)OCC(O)(C(=O)c1ccc(SC)cc1)c1ccc(SC)cc1.C=C(C)C(=O)OCCCC(=O)OCC(O)(C(=O)c1ccc(SC)cc1)c1ccc(SC)cc1.C=CC(=O)OCC(C)CC(=O)OCC(O)(C(=O)c1ccc(SC)cc1)c1ccc(SC)cc1.C=CC(=O)OCCCC(=O)OCC(O)(C(=O)c1ccc(SC)cc1)c1ccc(SC)cc1. The summed E-state index contributed by atoms with van der Waals surface area (Å²) in [5.74, 6) is -7.47. The van der Waals surface area contributed by atoms with Crippen LogP contribution in [0, 0.1) is 11.8 Å². The summed E-state index contributed by atoms with van der Waals surface area (Å²) in [5.41, 5.74) is -5.05. The Labute approximate surface area is 805 Å². The second kappa shape index (κ2) is 57.4. The first kappa shape index (κ1) is 112. The van der Waals surface area contributed by atoms with Crippen molar-refractivity contribution in [1.82, 2.24) is 0 Å². The topological polar surface area (TPSA) is 360 Å². The van der Waals surface area contributed by atoms with Crippen molar-refractivity contribution in [2.24, 2.45) is 11.8 Å². The van der Waals surface area contributed by atoms with Crippen LogP contribution in [0.2, 0.25) is 0 Å². The fourth-order valence-electron chi connectivity index (χ4n) is 11.8. The standard InChI is InChI=1S/C26H30O6S2.2C25H28O6S2.C24H26O6S2/c1-17(2)25(29)31-15-18(3)14-23(27)32-16-26(30,20-8-12-22(34-5)13-9-20)24(28)19-6-10-21(33-4)11-7-19;1-17(2)24(28)30-15-5-6-22(26)31-16-25(29,19-9-13-21(33-4)14-10-19)23(27)18-7-11-20(32-3)12-8-18;1-5-22(26)30-15-17(2)14-23(27)31-16-25(29,19-8-12-21(33-4)13-9-19)24(28)18-6-10-20(32-3)11-7-18;1-4-21(25)29-15-5-6-22(26)30-16-24(28,18-9-13-20(32-3)14-10-18)23(27)17-7-11-19(31-2)12-8-17/h6-13,18,30H,1,14-16H2,2-5H3;7-14,29H,1,5-6,15-16H2,2-4H3;5-13,17,29H,1,14-16H2,2-4H3;4,7-14,28H,1,5-6,15-16H2,2-3H3. The lowest BCUT2D eigenvalue weighted by Gasteiger charge is -2.27. The first-order valence-corrected chi connectivity index (χ1v) is 50.8. The minimum Gasteiger partial charge on any atom is -0.463 e. The molecule has 132 heavy (non-hydrogen) atoms. The fraction of sp³-hybridized carbons (Fsp3) is 0.320. The molecule has 32 heteroatoms. The number of benzene rings is 8. The lowest BCUT2D eigenvalue weighted by Crippen LogP contribution is -2.41. The van der Waals surface area contributed by atoms with Crippen molar-refractivity contribution < 1.29 is 116 Å². The molecule has 0 aliphatic heterocycles. The third kappa shape index (κ3) is 35.6. The van der Waals surface area contributed by atoms with Crippen LogP contribution in [0.4, 0.5) is 0 Å². The highest BCUT2D eigenvalue weighted by atomic mass is 32.2. The first-order chi connectivity index (χ1) is 62.9. The Kier molecular flexibility index (Phi) is 48.8. The molecule has 8 rings (SSSR count). The lowest BCUT2D eigenvalue weighted by atomic mass is 9.86. The second-order valence-electron chi connectivity index (χ2n) is 29.6. The Bertz CT molecular complexity index is 5210. The molecular formula is C100H112O24S8. The van der Waals surface area contributed by atoms with Crippen LogP contribution in [-0.2, 0) is 98.7 Å². The van der Waals surface area contributed by atoms with Gasteiger partial charge in [-0.1, -0.05) is 137 Å². The van der Waals surface area contributed by atoms with Gasteiger partial charge in [0.25, 0.3) is 0 Å². The van der Waals surface area contributed by atoms with E-state index in [1.54, 1.807) is 262 Å². The maximum atomic E-state index is 13.4. The van der Waals surface area contributed by atoms with Crippen LogP contribution in [0.25, 0.3) is 0 Å². The number of hydrogen-bond acceptors (Lipinski definition) is 32. The van der Waals surface area contributed by atoms with Gasteiger partial charge in [-0.15, -0.1) is 94.1 Å². The normalized spacial score (nSPS) is 13.0. The number of esters is 8. The number of aliphatic hydroxyl groups is 4. The summed E-state index contributed by atoms with van der Waals surface area (Å²) < 4.78 is 41.0. The molecule has 0 fully saturated rings. The molecule has 4 N–H and O–H groups in total. The van der Waals surface area contributed by atoms with Crippen LogP contribution in [0.5, 0.6) is 0 Å². The number of Topliss-reactive ketones (excluding diaryl/α,β-unsaturated/α-hetero) is 4.